The average Bonchev–Trinajstić information content (AvgIpc) is 2.92. The molecule has 106 valence electrons. The van der Waals surface area contributed by atoms with E-state index in [0.717, 1.165) is 9.35 Å². The van der Waals surface area contributed by atoms with Gasteiger partial charge >= 0.3 is 6.03 Å². The molecule has 2 rings (SSSR count). The molecule has 2 amide bonds. The van der Waals surface area contributed by atoms with Gasteiger partial charge in [-0.25, -0.2) is 4.79 Å². The smallest absolute Gasteiger partial charge is 0.317 e. The van der Waals surface area contributed by atoms with E-state index < -0.39 is 6.10 Å². The van der Waals surface area contributed by atoms with E-state index in [4.69, 9.17) is 0 Å². The highest BCUT2D eigenvalue weighted by Gasteiger charge is 2.35. The average molecular weight is 348 g/mol. The number of carbonyl (C=O) groups is 1. The third kappa shape index (κ3) is 3.68. The van der Waals surface area contributed by atoms with Gasteiger partial charge in [0.15, 0.2) is 0 Å². The van der Waals surface area contributed by atoms with Crippen LogP contribution in [0.3, 0.4) is 0 Å². The highest BCUT2D eigenvalue weighted by atomic mass is 79.9. The molecule has 1 saturated heterocycles. The molecule has 0 saturated carbocycles. The quantitative estimate of drug-likeness (QED) is 0.867. The first-order chi connectivity index (χ1) is 8.97. The van der Waals surface area contributed by atoms with Crippen molar-refractivity contribution >= 4 is 33.3 Å². The molecule has 2 heterocycles. The van der Waals surface area contributed by atoms with Crippen LogP contribution in [0.5, 0.6) is 0 Å². The Labute approximate surface area is 125 Å². The number of aliphatic hydroxyl groups is 1. The van der Waals surface area contributed by atoms with Crippen LogP contribution in [-0.4, -0.2) is 60.3 Å². The van der Waals surface area contributed by atoms with Crippen molar-refractivity contribution in [1.29, 1.82) is 0 Å². The Morgan fingerprint density at radius 1 is 1.63 bits per heavy atom. The van der Waals surface area contributed by atoms with Crippen molar-refractivity contribution in [2.75, 3.05) is 27.2 Å². The maximum atomic E-state index is 12.0. The number of nitrogens with zero attached hydrogens (tertiary/aromatic N) is 2. The van der Waals surface area contributed by atoms with Gasteiger partial charge in [0.25, 0.3) is 0 Å². The van der Waals surface area contributed by atoms with Crippen molar-refractivity contribution in [3.63, 3.8) is 0 Å². The van der Waals surface area contributed by atoms with Crippen molar-refractivity contribution < 1.29 is 9.90 Å². The van der Waals surface area contributed by atoms with Crippen LogP contribution < -0.4 is 5.32 Å². The van der Waals surface area contributed by atoms with Gasteiger partial charge in [-0.15, -0.1) is 11.3 Å². The van der Waals surface area contributed by atoms with Gasteiger partial charge in [0.1, 0.15) is 0 Å². The third-order valence-electron chi connectivity index (χ3n) is 3.25. The number of likely N-dealkylation sites (tertiary alicyclic amines) is 1. The van der Waals surface area contributed by atoms with E-state index in [9.17, 15) is 9.90 Å². The van der Waals surface area contributed by atoms with E-state index in [1.54, 1.807) is 16.2 Å². The summed E-state index contributed by atoms with van der Waals surface area (Å²) in [6.45, 7) is 1.48. The molecule has 2 N–H and O–H groups in total. The maximum absolute atomic E-state index is 12.0. The van der Waals surface area contributed by atoms with Crippen molar-refractivity contribution in [3.8, 4) is 0 Å². The first kappa shape index (κ1) is 14.8. The zero-order valence-electron chi connectivity index (χ0n) is 11.0. The zero-order valence-corrected chi connectivity index (χ0v) is 13.4. The fraction of sp³-hybridized carbons (Fsp3) is 0.583. The van der Waals surface area contributed by atoms with Crippen molar-refractivity contribution in [1.82, 2.24) is 15.1 Å². The van der Waals surface area contributed by atoms with Gasteiger partial charge in [-0.3, -0.25) is 0 Å². The Bertz CT molecular complexity index is 452. The zero-order chi connectivity index (χ0) is 14.0. The number of nitrogens with one attached hydrogen (secondary N) is 1. The molecule has 0 aliphatic carbocycles. The first-order valence-corrected chi connectivity index (χ1v) is 7.75. The van der Waals surface area contributed by atoms with E-state index in [1.165, 1.54) is 0 Å². The van der Waals surface area contributed by atoms with Crippen LogP contribution in [0.15, 0.2) is 15.9 Å². The molecule has 5 nitrogen and oxygen atoms in total. The number of β-amino-alcohol motifs (C(OH)–C–C–N with tert-alkyl or cyclic N) is 1. The molecule has 1 fully saturated rings. The highest BCUT2D eigenvalue weighted by molar-refractivity contribution is 9.10. The van der Waals surface area contributed by atoms with Crippen LogP contribution in [0.1, 0.15) is 4.88 Å². The Morgan fingerprint density at radius 3 is 2.89 bits per heavy atom. The molecule has 0 aromatic carbocycles. The van der Waals surface area contributed by atoms with Gasteiger partial charge in [0, 0.05) is 27.8 Å². The van der Waals surface area contributed by atoms with Crippen LogP contribution >= 0.6 is 27.3 Å². The van der Waals surface area contributed by atoms with Gasteiger partial charge in [-0.1, -0.05) is 0 Å². The van der Waals surface area contributed by atoms with Crippen molar-refractivity contribution in [2.45, 2.75) is 18.7 Å². The van der Waals surface area contributed by atoms with E-state index in [-0.39, 0.29) is 12.1 Å². The summed E-state index contributed by atoms with van der Waals surface area (Å²) in [5, 5.41) is 14.8. The van der Waals surface area contributed by atoms with Gasteiger partial charge in [-0.2, -0.15) is 0 Å². The molecule has 1 aromatic rings. The van der Waals surface area contributed by atoms with Gasteiger partial charge in [0.2, 0.25) is 0 Å². The lowest BCUT2D eigenvalue weighted by atomic mass is 10.2. The van der Waals surface area contributed by atoms with Crippen LogP contribution in [0.2, 0.25) is 0 Å². The predicted molar refractivity (Wildman–Crippen MR) is 79.3 cm³/mol. The topological polar surface area (TPSA) is 55.8 Å². The molecule has 0 bridgehead atoms. The van der Waals surface area contributed by atoms with Crippen molar-refractivity contribution in [3.05, 3.63) is 20.8 Å². The molecule has 1 aliphatic rings. The molecule has 0 spiro atoms. The summed E-state index contributed by atoms with van der Waals surface area (Å²) in [6.07, 6.45) is -0.475. The summed E-state index contributed by atoms with van der Waals surface area (Å²) in [5.41, 5.74) is 0. The number of amides is 2. The highest BCUT2D eigenvalue weighted by Crippen LogP contribution is 2.20. The van der Waals surface area contributed by atoms with Gasteiger partial charge in [0.05, 0.1) is 18.7 Å². The molecule has 7 heteroatoms. The Kier molecular flexibility index (Phi) is 4.83. The second-order valence-electron chi connectivity index (χ2n) is 4.89. The summed E-state index contributed by atoms with van der Waals surface area (Å²) >= 11 is 4.99. The molecular formula is C12H18BrN3O2S. The van der Waals surface area contributed by atoms with Gasteiger partial charge < -0.3 is 20.2 Å². The number of thiophene rings is 1. The lowest BCUT2D eigenvalue weighted by molar-refractivity contribution is 0.113. The van der Waals surface area contributed by atoms with E-state index in [2.05, 4.69) is 21.2 Å². The minimum atomic E-state index is -0.475. The number of urea groups is 1. The number of carbonyl (C=O) groups excluding carboxylic acids is 1. The summed E-state index contributed by atoms with van der Waals surface area (Å²) < 4.78 is 1.03. The number of aliphatic hydroxyl groups excluding tert-OH is 1. The minimum absolute atomic E-state index is 0.0154. The molecule has 1 aromatic heterocycles. The van der Waals surface area contributed by atoms with Gasteiger partial charge in [-0.05, 0) is 36.1 Å². The number of hydrogen-bond donors (Lipinski definition) is 2. The van der Waals surface area contributed by atoms with Crippen LogP contribution in [0.4, 0.5) is 4.79 Å². The predicted octanol–water partition coefficient (Wildman–Crippen LogP) is 1.33. The summed E-state index contributed by atoms with van der Waals surface area (Å²) in [7, 11) is 3.83. The summed E-state index contributed by atoms with van der Waals surface area (Å²) in [5.74, 6) is 0. The largest absolute Gasteiger partial charge is 0.390 e. The Hall–Kier alpha value is -0.630. The number of halogens is 1. The molecule has 0 unspecified atom stereocenters. The molecule has 2 atom stereocenters. The fourth-order valence-corrected chi connectivity index (χ4v) is 3.55. The maximum Gasteiger partial charge on any atom is 0.317 e. The Morgan fingerprint density at radius 2 is 2.37 bits per heavy atom. The second kappa shape index (κ2) is 6.21. The third-order valence-corrected chi connectivity index (χ3v) is 4.94. The molecule has 1 aliphatic heterocycles. The number of hydrogen-bond acceptors (Lipinski definition) is 4. The van der Waals surface area contributed by atoms with Crippen LogP contribution in [0, 0.1) is 0 Å². The Balaban J connectivity index is 1.84. The van der Waals surface area contributed by atoms with Crippen LogP contribution in [0.25, 0.3) is 0 Å². The monoisotopic (exact) mass is 347 g/mol. The first-order valence-electron chi connectivity index (χ1n) is 6.07. The van der Waals surface area contributed by atoms with E-state index in [1.807, 2.05) is 30.4 Å². The molecule has 0 radical (unpaired) electrons. The summed E-state index contributed by atoms with van der Waals surface area (Å²) in [6, 6.07) is 1.89. The van der Waals surface area contributed by atoms with E-state index >= 15 is 0 Å². The SMILES string of the molecule is CN(C)[C@H]1CN(C(=O)NCc2cc(Br)cs2)C[C@@H]1O. The normalized spacial score (nSPS) is 23.1. The summed E-state index contributed by atoms with van der Waals surface area (Å²) in [4.78, 5) is 16.7. The van der Waals surface area contributed by atoms with E-state index in [0.29, 0.717) is 19.6 Å². The molecule has 19 heavy (non-hydrogen) atoms. The second-order valence-corrected chi connectivity index (χ2v) is 6.80. The lowest BCUT2D eigenvalue weighted by Crippen LogP contribution is -2.40. The number of rotatable bonds is 3. The number of likely N-dealkylation sites (N-methyl/N-ethyl adjacent to an activating group) is 1. The minimum Gasteiger partial charge on any atom is -0.390 e. The molecular weight excluding hydrogens is 330 g/mol. The fourth-order valence-electron chi connectivity index (χ4n) is 2.16. The lowest BCUT2D eigenvalue weighted by Gasteiger charge is -2.21. The van der Waals surface area contributed by atoms with Crippen LogP contribution in [-0.2, 0) is 6.54 Å². The standard InChI is InChI=1S/C12H18BrN3O2S/c1-15(2)10-5-16(6-11(10)17)12(18)14-4-9-3-8(13)7-19-9/h3,7,10-11,17H,4-6H2,1-2H3,(H,14,18)/t10-,11-/m0/s1. The van der Waals surface area contributed by atoms with Crippen molar-refractivity contribution in [2.24, 2.45) is 0 Å².